The third-order valence-electron chi connectivity index (χ3n) is 4.30. The van der Waals surface area contributed by atoms with E-state index >= 15 is 0 Å². The zero-order valence-corrected chi connectivity index (χ0v) is 11.6. The van der Waals surface area contributed by atoms with E-state index in [2.05, 4.69) is 30.4 Å². The Bertz CT molecular complexity index is 464. The lowest BCUT2D eigenvalue weighted by Gasteiger charge is -2.27. The van der Waals surface area contributed by atoms with Crippen LogP contribution in [0.25, 0.3) is 0 Å². The van der Waals surface area contributed by atoms with Gasteiger partial charge < -0.3 is 10.2 Å². The van der Waals surface area contributed by atoms with Crippen LogP contribution in [0.3, 0.4) is 0 Å². The first-order valence-corrected chi connectivity index (χ1v) is 7.42. The number of carbonyl (C=O) groups excluding carboxylic acids is 1. The minimum Gasteiger partial charge on any atom is -0.308 e. The molecule has 102 valence electrons. The SMILES string of the molecule is CC1Cc2ccccc2N1C(=O)C1CCCCCN1. The fraction of sp³-hybridized carbons (Fsp3) is 0.562. The first kappa shape index (κ1) is 12.7. The van der Waals surface area contributed by atoms with Crippen LogP contribution < -0.4 is 10.2 Å². The number of benzene rings is 1. The van der Waals surface area contributed by atoms with Crippen LogP contribution in [0, 0.1) is 0 Å². The quantitative estimate of drug-likeness (QED) is 0.839. The van der Waals surface area contributed by atoms with Crippen molar-refractivity contribution in [3.8, 4) is 0 Å². The lowest BCUT2D eigenvalue weighted by atomic mass is 10.1. The maximum atomic E-state index is 12.8. The Hall–Kier alpha value is -1.35. The molecule has 0 bridgehead atoms. The van der Waals surface area contributed by atoms with Gasteiger partial charge in [0.15, 0.2) is 0 Å². The Labute approximate surface area is 115 Å². The third kappa shape index (κ3) is 2.39. The number of nitrogens with zero attached hydrogens (tertiary/aromatic N) is 1. The summed E-state index contributed by atoms with van der Waals surface area (Å²) in [7, 11) is 0. The number of carbonyl (C=O) groups is 1. The maximum absolute atomic E-state index is 12.8. The number of rotatable bonds is 1. The summed E-state index contributed by atoms with van der Waals surface area (Å²) in [5.41, 5.74) is 2.42. The highest BCUT2D eigenvalue weighted by Gasteiger charge is 2.34. The topological polar surface area (TPSA) is 32.3 Å². The number of amides is 1. The number of nitrogens with one attached hydrogen (secondary N) is 1. The van der Waals surface area contributed by atoms with Crippen molar-refractivity contribution in [3.05, 3.63) is 29.8 Å². The summed E-state index contributed by atoms with van der Waals surface area (Å²) in [5.74, 6) is 0.263. The molecular weight excluding hydrogens is 236 g/mol. The molecule has 2 unspecified atom stereocenters. The molecule has 0 aliphatic carbocycles. The van der Waals surface area contributed by atoms with E-state index in [1.807, 2.05) is 11.0 Å². The Morgan fingerprint density at radius 2 is 2.11 bits per heavy atom. The molecular formula is C16H22N2O. The van der Waals surface area contributed by atoms with Crippen LogP contribution in [0.4, 0.5) is 5.69 Å². The van der Waals surface area contributed by atoms with Gasteiger partial charge in [-0.3, -0.25) is 4.79 Å². The molecule has 2 aliphatic heterocycles. The minimum atomic E-state index is 0.0103. The zero-order chi connectivity index (χ0) is 13.2. The zero-order valence-electron chi connectivity index (χ0n) is 11.6. The largest absolute Gasteiger partial charge is 0.308 e. The Morgan fingerprint density at radius 1 is 1.26 bits per heavy atom. The van der Waals surface area contributed by atoms with Crippen molar-refractivity contribution in [2.45, 2.75) is 51.1 Å². The smallest absolute Gasteiger partial charge is 0.244 e. The van der Waals surface area contributed by atoms with Crippen LogP contribution in [0.1, 0.15) is 38.2 Å². The van der Waals surface area contributed by atoms with Crippen LogP contribution in [0.15, 0.2) is 24.3 Å². The molecule has 0 saturated carbocycles. The van der Waals surface area contributed by atoms with Crippen LogP contribution >= 0.6 is 0 Å². The molecule has 19 heavy (non-hydrogen) atoms. The molecule has 3 heteroatoms. The Morgan fingerprint density at radius 3 is 3.00 bits per heavy atom. The molecule has 3 rings (SSSR count). The molecule has 0 spiro atoms. The fourth-order valence-corrected chi connectivity index (χ4v) is 3.31. The van der Waals surface area contributed by atoms with Crippen molar-refractivity contribution in [1.82, 2.24) is 5.32 Å². The molecule has 2 heterocycles. The second kappa shape index (κ2) is 5.33. The van der Waals surface area contributed by atoms with Gasteiger partial charge in [0, 0.05) is 11.7 Å². The van der Waals surface area contributed by atoms with E-state index in [1.54, 1.807) is 0 Å². The van der Waals surface area contributed by atoms with Gasteiger partial charge in [-0.15, -0.1) is 0 Å². The van der Waals surface area contributed by atoms with Gasteiger partial charge in [0.05, 0.1) is 6.04 Å². The van der Waals surface area contributed by atoms with Crippen LogP contribution in [-0.4, -0.2) is 24.5 Å². The maximum Gasteiger partial charge on any atom is 0.244 e. The summed E-state index contributed by atoms with van der Waals surface area (Å²) in [6.07, 6.45) is 5.55. The molecule has 1 aromatic carbocycles. The lowest BCUT2D eigenvalue weighted by Crippen LogP contribution is -2.48. The Balaban J connectivity index is 1.83. The summed E-state index contributed by atoms with van der Waals surface area (Å²) in [6, 6.07) is 8.60. The van der Waals surface area contributed by atoms with Crippen LogP contribution in [-0.2, 0) is 11.2 Å². The lowest BCUT2D eigenvalue weighted by molar-refractivity contribution is -0.121. The van der Waals surface area contributed by atoms with Gasteiger partial charge in [-0.1, -0.05) is 31.0 Å². The van der Waals surface area contributed by atoms with E-state index in [0.717, 1.165) is 31.5 Å². The fourth-order valence-electron chi connectivity index (χ4n) is 3.31. The highest BCUT2D eigenvalue weighted by atomic mass is 16.2. The second-order valence-electron chi connectivity index (χ2n) is 5.75. The first-order valence-electron chi connectivity index (χ1n) is 7.42. The van der Waals surface area contributed by atoms with Gasteiger partial charge in [0.2, 0.25) is 5.91 Å². The number of para-hydroxylation sites is 1. The summed E-state index contributed by atoms with van der Waals surface area (Å²) in [6.45, 7) is 3.12. The third-order valence-corrected chi connectivity index (χ3v) is 4.30. The minimum absolute atomic E-state index is 0.0103. The van der Waals surface area contributed by atoms with E-state index in [-0.39, 0.29) is 18.0 Å². The molecule has 1 amide bonds. The average Bonchev–Trinajstić information content (AvgIpc) is 2.61. The summed E-state index contributed by atoms with van der Waals surface area (Å²) in [5, 5.41) is 3.42. The molecule has 1 aromatic rings. The number of hydrogen-bond donors (Lipinski definition) is 1. The number of fused-ring (bicyclic) bond motifs is 1. The molecule has 0 radical (unpaired) electrons. The summed E-state index contributed by atoms with van der Waals surface area (Å²) >= 11 is 0. The summed E-state index contributed by atoms with van der Waals surface area (Å²) in [4.78, 5) is 14.8. The number of anilines is 1. The molecule has 1 N–H and O–H groups in total. The van der Waals surface area contributed by atoms with Crippen molar-refractivity contribution in [2.24, 2.45) is 0 Å². The van der Waals surface area contributed by atoms with Crippen molar-refractivity contribution in [1.29, 1.82) is 0 Å². The molecule has 1 saturated heterocycles. The predicted octanol–water partition coefficient (Wildman–Crippen LogP) is 2.50. The van der Waals surface area contributed by atoms with Crippen LogP contribution in [0.5, 0.6) is 0 Å². The van der Waals surface area contributed by atoms with Crippen molar-refractivity contribution >= 4 is 11.6 Å². The molecule has 2 atom stereocenters. The van der Waals surface area contributed by atoms with Crippen LogP contribution in [0.2, 0.25) is 0 Å². The van der Waals surface area contributed by atoms with E-state index in [0.29, 0.717) is 0 Å². The van der Waals surface area contributed by atoms with Gasteiger partial charge in [0.1, 0.15) is 0 Å². The first-order chi connectivity index (χ1) is 9.27. The van der Waals surface area contributed by atoms with Gasteiger partial charge >= 0.3 is 0 Å². The van der Waals surface area contributed by atoms with Crippen molar-refractivity contribution < 1.29 is 4.79 Å². The summed E-state index contributed by atoms with van der Waals surface area (Å²) < 4.78 is 0. The molecule has 2 aliphatic rings. The molecule has 0 aromatic heterocycles. The standard InChI is InChI=1S/C16H22N2O/c1-12-11-13-7-4-5-9-15(13)18(12)16(19)14-8-3-2-6-10-17-14/h4-5,7,9,12,14,17H,2-3,6,8,10-11H2,1H3. The van der Waals surface area contributed by atoms with E-state index in [1.165, 1.54) is 18.4 Å². The normalized spacial score (nSPS) is 26.9. The highest BCUT2D eigenvalue weighted by molar-refractivity contribution is 5.99. The monoisotopic (exact) mass is 258 g/mol. The molecule has 1 fully saturated rings. The molecule has 3 nitrogen and oxygen atoms in total. The predicted molar refractivity (Wildman–Crippen MR) is 77.4 cm³/mol. The van der Waals surface area contributed by atoms with Gasteiger partial charge in [-0.25, -0.2) is 0 Å². The van der Waals surface area contributed by atoms with Gasteiger partial charge in [-0.05, 0) is 44.4 Å². The average molecular weight is 258 g/mol. The van der Waals surface area contributed by atoms with Crippen molar-refractivity contribution in [2.75, 3.05) is 11.4 Å². The van der Waals surface area contributed by atoms with Crippen molar-refractivity contribution in [3.63, 3.8) is 0 Å². The van der Waals surface area contributed by atoms with E-state index < -0.39 is 0 Å². The second-order valence-corrected chi connectivity index (χ2v) is 5.75. The van der Waals surface area contributed by atoms with Gasteiger partial charge in [-0.2, -0.15) is 0 Å². The van der Waals surface area contributed by atoms with E-state index in [9.17, 15) is 4.79 Å². The number of hydrogen-bond acceptors (Lipinski definition) is 2. The van der Waals surface area contributed by atoms with Gasteiger partial charge in [0.25, 0.3) is 0 Å². The Kier molecular flexibility index (Phi) is 3.56. The highest BCUT2D eigenvalue weighted by Crippen LogP contribution is 2.32. The van der Waals surface area contributed by atoms with E-state index in [4.69, 9.17) is 0 Å².